The minimum Gasteiger partial charge on any atom is -0.334 e. The van der Waals surface area contributed by atoms with Crippen LogP contribution in [0.3, 0.4) is 0 Å². The van der Waals surface area contributed by atoms with Crippen LogP contribution in [0.25, 0.3) is 0 Å². The van der Waals surface area contributed by atoms with Gasteiger partial charge in [0.2, 0.25) is 0 Å². The third kappa shape index (κ3) is 3.83. The number of nitrogens with zero attached hydrogens (tertiary/aromatic N) is 2. The molecule has 0 aliphatic carbocycles. The van der Waals surface area contributed by atoms with E-state index in [0.717, 1.165) is 24.7 Å². The summed E-state index contributed by atoms with van der Waals surface area (Å²) >= 11 is 1.98. The fourth-order valence-electron chi connectivity index (χ4n) is 1.66. The first-order chi connectivity index (χ1) is 7.69. The van der Waals surface area contributed by atoms with Gasteiger partial charge < -0.3 is 9.88 Å². The van der Waals surface area contributed by atoms with Crippen LogP contribution in [0.5, 0.6) is 0 Å². The van der Waals surface area contributed by atoms with Gasteiger partial charge in [-0.1, -0.05) is 20.8 Å². The third-order valence-corrected chi connectivity index (χ3v) is 3.64. The highest BCUT2D eigenvalue weighted by Crippen LogP contribution is 2.20. The summed E-state index contributed by atoms with van der Waals surface area (Å²) in [5, 5.41) is 4.18. The number of imidazole rings is 1. The fourth-order valence-corrected chi connectivity index (χ4v) is 2.50. The normalized spacial score (nSPS) is 13.3. The molecule has 1 heterocycles. The molecule has 0 aromatic carbocycles. The van der Waals surface area contributed by atoms with Crippen molar-refractivity contribution in [1.82, 2.24) is 14.9 Å². The molecule has 0 radical (unpaired) electrons. The molecule has 3 nitrogen and oxygen atoms in total. The van der Waals surface area contributed by atoms with Crippen LogP contribution in [0.2, 0.25) is 0 Å². The smallest absolute Gasteiger partial charge is 0.126 e. The number of rotatable bonds is 7. The first kappa shape index (κ1) is 13.6. The van der Waals surface area contributed by atoms with Gasteiger partial charge in [0.15, 0.2) is 0 Å². The van der Waals surface area contributed by atoms with E-state index in [1.54, 1.807) is 0 Å². The summed E-state index contributed by atoms with van der Waals surface area (Å²) in [6, 6.07) is 0.368. The number of thioether (sulfide) groups is 1. The van der Waals surface area contributed by atoms with E-state index in [-0.39, 0.29) is 0 Å². The van der Waals surface area contributed by atoms with Crippen molar-refractivity contribution in [3.63, 3.8) is 0 Å². The molecule has 0 fully saturated rings. The van der Waals surface area contributed by atoms with Crippen molar-refractivity contribution in [2.75, 3.05) is 12.3 Å². The summed E-state index contributed by atoms with van der Waals surface area (Å²) in [5.74, 6) is 2.25. The highest BCUT2D eigenvalue weighted by atomic mass is 32.2. The molecule has 1 aromatic rings. The zero-order chi connectivity index (χ0) is 12.0. The van der Waals surface area contributed by atoms with Gasteiger partial charge in [0, 0.05) is 24.7 Å². The molecule has 1 unspecified atom stereocenters. The number of aryl methyl sites for hydroxylation is 1. The summed E-state index contributed by atoms with van der Waals surface area (Å²) in [7, 11) is 0. The van der Waals surface area contributed by atoms with Crippen LogP contribution in [-0.2, 0) is 6.54 Å². The van der Waals surface area contributed by atoms with E-state index < -0.39 is 0 Å². The summed E-state index contributed by atoms with van der Waals surface area (Å²) in [6.45, 7) is 10.7. The Kier molecular flexibility index (Phi) is 5.91. The summed E-state index contributed by atoms with van der Waals surface area (Å²) in [4.78, 5) is 4.47. The maximum atomic E-state index is 4.47. The van der Waals surface area contributed by atoms with Gasteiger partial charge >= 0.3 is 0 Å². The first-order valence-corrected chi connectivity index (χ1v) is 7.09. The molecule has 0 aliphatic heterocycles. The minimum atomic E-state index is 0.368. The van der Waals surface area contributed by atoms with Gasteiger partial charge in [-0.3, -0.25) is 0 Å². The van der Waals surface area contributed by atoms with Crippen LogP contribution in [-0.4, -0.2) is 27.1 Å². The lowest BCUT2D eigenvalue weighted by molar-refractivity contribution is 0.539. The maximum absolute atomic E-state index is 4.47. The van der Waals surface area contributed by atoms with Crippen LogP contribution in [0.15, 0.2) is 12.4 Å². The maximum Gasteiger partial charge on any atom is 0.126 e. The highest BCUT2D eigenvalue weighted by Gasteiger charge is 2.15. The Hall–Kier alpha value is -0.480. The van der Waals surface area contributed by atoms with Crippen molar-refractivity contribution in [3.05, 3.63) is 18.2 Å². The van der Waals surface area contributed by atoms with Crippen molar-refractivity contribution in [2.24, 2.45) is 0 Å². The van der Waals surface area contributed by atoms with Crippen molar-refractivity contribution in [2.45, 2.75) is 45.5 Å². The molecule has 1 rings (SSSR count). The second-order valence-electron chi connectivity index (χ2n) is 4.06. The molecule has 0 amide bonds. The Morgan fingerprint density at radius 3 is 2.75 bits per heavy atom. The monoisotopic (exact) mass is 241 g/mol. The van der Waals surface area contributed by atoms with E-state index in [2.05, 4.69) is 48.8 Å². The van der Waals surface area contributed by atoms with E-state index in [1.807, 2.05) is 18.0 Å². The average molecular weight is 241 g/mol. The third-order valence-electron chi connectivity index (χ3n) is 2.45. The number of nitrogens with one attached hydrogen (secondary N) is 1. The van der Waals surface area contributed by atoms with E-state index in [1.165, 1.54) is 0 Å². The molecule has 4 heteroatoms. The number of hydrogen-bond donors (Lipinski definition) is 1. The lowest BCUT2D eigenvalue weighted by atomic mass is 10.3. The van der Waals surface area contributed by atoms with Crippen molar-refractivity contribution in [1.29, 1.82) is 0 Å². The van der Waals surface area contributed by atoms with E-state index in [9.17, 15) is 0 Å². The Labute approximate surface area is 103 Å². The zero-order valence-corrected chi connectivity index (χ0v) is 11.5. The van der Waals surface area contributed by atoms with Gasteiger partial charge in [0.25, 0.3) is 0 Å². The van der Waals surface area contributed by atoms with Crippen molar-refractivity contribution >= 4 is 11.8 Å². The Balaban J connectivity index is 2.68. The molecular formula is C12H23N3S. The second-order valence-corrected chi connectivity index (χ2v) is 5.67. The molecule has 92 valence electrons. The van der Waals surface area contributed by atoms with Gasteiger partial charge in [-0.15, -0.1) is 0 Å². The summed E-state index contributed by atoms with van der Waals surface area (Å²) in [5.41, 5.74) is 0. The molecule has 0 spiro atoms. The standard InChI is InChI=1S/C12H23N3S/c1-5-13-11(9-16-10(3)4)12-14-7-8-15(12)6-2/h7-8,10-11,13H,5-6,9H2,1-4H3. The first-order valence-electron chi connectivity index (χ1n) is 6.05. The quantitative estimate of drug-likeness (QED) is 0.796. The number of hydrogen-bond acceptors (Lipinski definition) is 3. The van der Waals surface area contributed by atoms with Crippen molar-refractivity contribution in [3.8, 4) is 0 Å². The largest absolute Gasteiger partial charge is 0.334 e. The zero-order valence-electron chi connectivity index (χ0n) is 10.7. The average Bonchev–Trinajstić information content (AvgIpc) is 2.71. The SMILES string of the molecule is CCNC(CSC(C)C)c1nccn1CC. The molecule has 0 saturated carbocycles. The van der Waals surface area contributed by atoms with E-state index >= 15 is 0 Å². The van der Waals surface area contributed by atoms with Gasteiger partial charge in [-0.05, 0) is 18.7 Å². The Morgan fingerprint density at radius 1 is 1.44 bits per heavy atom. The topological polar surface area (TPSA) is 29.9 Å². The lowest BCUT2D eigenvalue weighted by Gasteiger charge is -2.19. The molecule has 1 aromatic heterocycles. The van der Waals surface area contributed by atoms with Crippen LogP contribution in [0.1, 0.15) is 39.6 Å². The Bertz CT molecular complexity index is 296. The van der Waals surface area contributed by atoms with Crippen molar-refractivity contribution < 1.29 is 0 Å². The minimum absolute atomic E-state index is 0.368. The van der Waals surface area contributed by atoms with Gasteiger partial charge in [0.05, 0.1) is 6.04 Å². The van der Waals surface area contributed by atoms with E-state index in [0.29, 0.717) is 11.3 Å². The van der Waals surface area contributed by atoms with Crippen LogP contribution in [0, 0.1) is 0 Å². The molecule has 0 aliphatic rings. The predicted octanol–water partition coefficient (Wildman–Crippen LogP) is 2.70. The Morgan fingerprint density at radius 2 is 2.19 bits per heavy atom. The van der Waals surface area contributed by atoms with Gasteiger partial charge in [-0.25, -0.2) is 4.98 Å². The molecule has 0 bridgehead atoms. The lowest BCUT2D eigenvalue weighted by Crippen LogP contribution is -2.26. The van der Waals surface area contributed by atoms with Crippen LogP contribution < -0.4 is 5.32 Å². The number of aromatic nitrogens is 2. The molecule has 16 heavy (non-hydrogen) atoms. The predicted molar refractivity (Wildman–Crippen MR) is 71.9 cm³/mol. The van der Waals surface area contributed by atoms with E-state index in [4.69, 9.17) is 0 Å². The second kappa shape index (κ2) is 6.97. The van der Waals surface area contributed by atoms with Crippen LogP contribution >= 0.6 is 11.8 Å². The van der Waals surface area contributed by atoms with Gasteiger partial charge in [0.1, 0.15) is 5.82 Å². The molecule has 1 N–H and O–H groups in total. The van der Waals surface area contributed by atoms with Crippen LogP contribution in [0.4, 0.5) is 0 Å². The molecule has 0 saturated heterocycles. The van der Waals surface area contributed by atoms with Gasteiger partial charge in [-0.2, -0.15) is 11.8 Å². The molecular weight excluding hydrogens is 218 g/mol. The highest BCUT2D eigenvalue weighted by molar-refractivity contribution is 7.99. The fraction of sp³-hybridized carbons (Fsp3) is 0.750. The summed E-state index contributed by atoms with van der Waals surface area (Å²) < 4.78 is 2.22. The molecule has 1 atom stereocenters. The summed E-state index contributed by atoms with van der Waals surface area (Å²) in [6.07, 6.45) is 3.95.